The highest BCUT2D eigenvalue weighted by Crippen LogP contribution is 2.24. The minimum Gasteiger partial charge on any atom is -0.475 e. The first-order chi connectivity index (χ1) is 8.90. The number of aromatic carboxylic acids is 1. The minimum atomic E-state index is -1.13. The molecular formula is C12H11ClIN3O2. The van der Waals surface area contributed by atoms with E-state index in [0.717, 1.165) is 9.26 Å². The third-order valence-corrected chi connectivity index (χ3v) is 3.58. The van der Waals surface area contributed by atoms with Crippen molar-refractivity contribution >= 4 is 40.2 Å². The Morgan fingerprint density at radius 2 is 2.16 bits per heavy atom. The van der Waals surface area contributed by atoms with Crippen molar-refractivity contribution in [2.75, 3.05) is 0 Å². The Morgan fingerprint density at radius 3 is 2.68 bits per heavy atom. The highest BCUT2D eigenvalue weighted by atomic mass is 127. The molecule has 7 heteroatoms. The van der Waals surface area contributed by atoms with Gasteiger partial charge in [-0.05, 0) is 40.8 Å². The Labute approximate surface area is 128 Å². The Morgan fingerprint density at radius 1 is 1.47 bits per heavy atom. The summed E-state index contributed by atoms with van der Waals surface area (Å²) in [5.41, 5.74) is 0.772. The van der Waals surface area contributed by atoms with Crippen molar-refractivity contribution in [2.24, 2.45) is 0 Å². The van der Waals surface area contributed by atoms with E-state index in [1.165, 1.54) is 0 Å². The van der Waals surface area contributed by atoms with E-state index in [9.17, 15) is 4.79 Å². The Hall–Kier alpha value is -1.15. The number of nitrogens with zero attached hydrogens (tertiary/aromatic N) is 3. The van der Waals surface area contributed by atoms with E-state index in [1.54, 1.807) is 22.9 Å². The quantitative estimate of drug-likeness (QED) is 0.815. The zero-order valence-corrected chi connectivity index (χ0v) is 13.2. The van der Waals surface area contributed by atoms with Crippen LogP contribution in [0.3, 0.4) is 0 Å². The fraction of sp³-hybridized carbons (Fsp3) is 0.250. The normalized spacial score (nSPS) is 11.0. The number of aromatic nitrogens is 3. The molecule has 0 saturated heterocycles. The van der Waals surface area contributed by atoms with E-state index in [-0.39, 0.29) is 11.7 Å². The molecule has 1 N–H and O–H groups in total. The summed E-state index contributed by atoms with van der Waals surface area (Å²) < 4.78 is 2.44. The fourth-order valence-electron chi connectivity index (χ4n) is 1.62. The van der Waals surface area contributed by atoms with Crippen molar-refractivity contribution in [1.82, 2.24) is 14.8 Å². The second-order valence-corrected chi connectivity index (χ2v) is 5.86. The average molecular weight is 392 g/mol. The lowest BCUT2D eigenvalue weighted by Gasteiger charge is -2.10. The van der Waals surface area contributed by atoms with Crippen LogP contribution in [-0.4, -0.2) is 25.8 Å². The maximum Gasteiger partial charge on any atom is 0.375 e. The molecular weight excluding hydrogens is 381 g/mol. The first kappa shape index (κ1) is 14.3. The second-order valence-electron chi connectivity index (χ2n) is 4.26. The van der Waals surface area contributed by atoms with Crippen LogP contribution in [-0.2, 0) is 0 Å². The van der Waals surface area contributed by atoms with Gasteiger partial charge in [-0.2, -0.15) is 0 Å². The summed E-state index contributed by atoms with van der Waals surface area (Å²) in [6.07, 6.45) is 0. The molecule has 0 amide bonds. The molecule has 0 bridgehead atoms. The zero-order chi connectivity index (χ0) is 14.2. The lowest BCUT2D eigenvalue weighted by atomic mass is 10.2. The summed E-state index contributed by atoms with van der Waals surface area (Å²) in [5.74, 6) is -0.663. The third-order valence-electron chi connectivity index (χ3n) is 2.48. The van der Waals surface area contributed by atoms with Gasteiger partial charge in [0, 0.05) is 14.5 Å². The van der Waals surface area contributed by atoms with Gasteiger partial charge in [-0.3, -0.25) is 0 Å². The lowest BCUT2D eigenvalue weighted by molar-refractivity contribution is 0.0683. The van der Waals surface area contributed by atoms with Gasteiger partial charge < -0.3 is 5.11 Å². The van der Waals surface area contributed by atoms with Gasteiger partial charge in [-0.15, -0.1) is 5.10 Å². The van der Waals surface area contributed by atoms with Crippen molar-refractivity contribution < 1.29 is 9.90 Å². The van der Waals surface area contributed by atoms with Crippen molar-refractivity contribution in [3.05, 3.63) is 38.4 Å². The van der Waals surface area contributed by atoms with Gasteiger partial charge in [0.1, 0.15) is 5.82 Å². The largest absolute Gasteiger partial charge is 0.475 e. The second kappa shape index (κ2) is 5.46. The summed E-state index contributed by atoms with van der Waals surface area (Å²) in [6, 6.07) is 5.34. The maximum atomic E-state index is 11.0. The number of hydrogen-bond donors (Lipinski definition) is 1. The Kier molecular flexibility index (Phi) is 4.10. The number of hydrogen-bond acceptors (Lipinski definition) is 3. The Bertz CT molecular complexity index is 640. The average Bonchev–Trinajstić information content (AvgIpc) is 2.73. The fourth-order valence-corrected chi connectivity index (χ4v) is 2.72. The van der Waals surface area contributed by atoms with E-state index in [4.69, 9.17) is 16.7 Å². The van der Waals surface area contributed by atoms with E-state index < -0.39 is 5.97 Å². The number of carboxylic acids is 1. The predicted octanol–water partition coefficient (Wildman–Crippen LogP) is 3.35. The summed E-state index contributed by atoms with van der Waals surface area (Å²) in [6.45, 7) is 3.88. The zero-order valence-electron chi connectivity index (χ0n) is 10.3. The molecule has 0 atom stereocenters. The van der Waals surface area contributed by atoms with E-state index >= 15 is 0 Å². The molecule has 19 heavy (non-hydrogen) atoms. The topological polar surface area (TPSA) is 68.0 Å². The first-order valence-electron chi connectivity index (χ1n) is 5.56. The van der Waals surface area contributed by atoms with E-state index in [1.807, 2.05) is 13.8 Å². The molecule has 0 radical (unpaired) electrons. The first-order valence-corrected chi connectivity index (χ1v) is 7.01. The molecule has 0 saturated carbocycles. The minimum absolute atomic E-state index is 0.0621. The van der Waals surface area contributed by atoms with Crippen LogP contribution in [0.1, 0.15) is 36.2 Å². The number of carboxylic acid groups (broad SMARTS) is 1. The molecule has 0 spiro atoms. The molecule has 0 unspecified atom stereocenters. The van der Waals surface area contributed by atoms with Gasteiger partial charge in [0.25, 0.3) is 5.82 Å². The molecule has 0 aliphatic heterocycles. The molecule has 0 fully saturated rings. The van der Waals surface area contributed by atoms with E-state index in [0.29, 0.717) is 10.8 Å². The van der Waals surface area contributed by atoms with Gasteiger partial charge in [0.05, 0.1) is 5.69 Å². The summed E-state index contributed by atoms with van der Waals surface area (Å²) in [7, 11) is 0. The van der Waals surface area contributed by atoms with Gasteiger partial charge in [-0.25, -0.2) is 14.5 Å². The molecule has 1 heterocycles. The van der Waals surface area contributed by atoms with Crippen LogP contribution in [0, 0.1) is 3.57 Å². The molecule has 1 aromatic heterocycles. The highest BCUT2D eigenvalue weighted by molar-refractivity contribution is 14.1. The smallest absolute Gasteiger partial charge is 0.375 e. The van der Waals surface area contributed by atoms with Crippen LogP contribution in [0.5, 0.6) is 0 Å². The van der Waals surface area contributed by atoms with Gasteiger partial charge in [-0.1, -0.05) is 25.4 Å². The van der Waals surface area contributed by atoms with Crippen LogP contribution in [0.4, 0.5) is 0 Å². The lowest BCUT2D eigenvalue weighted by Crippen LogP contribution is -2.06. The number of halogens is 2. The highest BCUT2D eigenvalue weighted by Gasteiger charge is 2.19. The van der Waals surface area contributed by atoms with Crippen LogP contribution in [0.15, 0.2) is 18.2 Å². The summed E-state index contributed by atoms with van der Waals surface area (Å²) >= 11 is 8.05. The molecule has 100 valence electrons. The number of rotatable bonds is 3. The van der Waals surface area contributed by atoms with Crippen molar-refractivity contribution in [3.63, 3.8) is 0 Å². The summed E-state index contributed by atoms with van der Waals surface area (Å²) in [5, 5.41) is 13.7. The molecule has 2 aromatic rings. The van der Waals surface area contributed by atoms with Crippen LogP contribution >= 0.6 is 34.2 Å². The summed E-state index contributed by atoms with van der Waals surface area (Å²) in [4.78, 5) is 15.1. The van der Waals surface area contributed by atoms with Crippen molar-refractivity contribution in [2.45, 2.75) is 19.8 Å². The molecule has 0 aliphatic carbocycles. The SMILES string of the molecule is CC(C)c1nc(C(=O)O)nn1-c1ccc(Cl)cc1I. The monoisotopic (exact) mass is 391 g/mol. The van der Waals surface area contributed by atoms with Crippen molar-refractivity contribution in [3.8, 4) is 5.69 Å². The van der Waals surface area contributed by atoms with Gasteiger partial charge in [0.2, 0.25) is 0 Å². The Balaban J connectivity index is 2.63. The molecule has 2 rings (SSSR count). The third kappa shape index (κ3) is 2.89. The molecule has 5 nitrogen and oxygen atoms in total. The molecule has 0 aliphatic rings. The van der Waals surface area contributed by atoms with Crippen molar-refractivity contribution in [1.29, 1.82) is 0 Å². The van der Waals surface area contributed by atoms with Gasteiger partial charge in [0.15, 0.2) is 0 Å². The molecule has 1 aromatic carbocycles. The standard InChI is InChI=1S/C12H11ClIN3O2/c1-6(2)11-15-10(12(18)19)16-17(11)9-4-3-7(13)5-8(9)14/h3-6H,1-2H3,(H,18,19). The van der Waals surface area contributed by atoms with Crippen LogP contribution in [0.2, 0.25) is 5.02 Å². The number of benzene rings is 1. The number of carbonyl (C=O) groups is 1. The van der Waals surface area contributed by atoms with Crippen LogP contribution < -0.4 is 0 Å². The maximum absolute atomic E-state index is 11.0. The van der Waals surface area contributed by atoms with Gasteiger partial charge >= 0.3 is 5.97 Å². The predicted molar refractivity (Wildman–Crippen MR) is 80.1 cm³/mol. The van der Waals surface area contributed by atoms with Crippen LogP contribution in [0.25, 0.3) is 5.69 Å². The van der Waals surface area contributed by atoms with E-state index in [2.05, 4.69) is 32.7 Å².